The van der Waals surface area contributed by atoms with E-state index in [1.165, 1.54) is 29.4 Å². The highest BCUT2D eigenvalue weighted by Crippen LogP contribution is 2.34. The second kappa shape index (κ2) is 5.61. The Balaban J connectivity index is 2.01. The fourth-order valence-electron chi connectivity index (χ4n) is 2.90. The minimum absolute atomic E-state index is 0.554. The molecule has 1 aliphatic rings. The lowest BCUT2D eigenvalue weighted by Crippen LogP contribution is -2.15. The van der Waals surface area contributed by atoms with Gasteiger partial charge in [-0.3, -0.25) is 0 Å². The molecule has 0 spiro atoms. The summed E-state index contributed by atoms with van der Waals surface area (Å²) in [4.78, 5) is 0. The van der Waals surface area contributed by atoms with Gasteiger partial charge in [0, 0.05) is 17.0 Å². The first-order valence-corrected chi connectivity index (χ1v) is 8.01. The van der Waals surface area contributed by atoms with Gasteiger partial charge in [-0.25, -0.2) is 0 Å². The molecule has 1 aromatic heterocycles. The topological polar surface area (TPSA) is 25.2 Å². The summed E-state index contributed by atoms with van der Waals surface area (Å²) in [5.41, 5.74) is 3.86. The Morgan fingerprint density at radius 2 is 2.10 bits per heavy atom. The second-order valence-electron chi connectivity index (χ2n) is 6.05. The molecule has 2 heteroatoms. The first-order chi connectivity index (χ1) is 9.74. The molecule has 1 aromatic carbocycles. The fourth-order valence-corrected chi connectivity index (χ4v) is 2.90. The van der Waals surface area contributed by atoms with Crippen LogP contribution in [0.2, 0.25) is 0 Å². The van der Waals surface area contributed by atoms with Crippen LogP contribution in [0.4, 0.5) is 0 Å². The summed E-state index contributed by atoms with van der Waals surface area (Å²) in [7, 11) is 0. The second-order valence-corrected chi connectivity index (χ2v) is 6.05. The van der Waals surface area contributed by atoms with Gasteiger partial charge in [0.1, 0.15) is 11.3 Å². The zero-order valence-electron chi connectivity index (χ0n) is 12.8. The third kappa shape index (κ3) is 2.49. The number of benzene rings is 1. The van der Waals surface area contributed by atoms with Crippen LogP contribution >= 0.6 is 0 Å². The molecule has 108 valence electrons. The lowest BCUT2D eigenvalue weighted by molar-refractivity contribution is 0.502. The van der Waals surface area contributed by atoms with Gasteiger partial charge in [-0.15, -0.1) is 0 Å². The van der Waals surface area contributed by atoms with Crippen molar-refractivity contribution < 1.29 is 4.42 Å². The summed E-state index contributed by atoms with van der Waals surface area (Å²) >= 11 is 0. The van der Waals surface area contributed by atoms with E-state index in [2.05, 4.69) is 44.3 Å². The molecule has 1 N–H and O–H groups in total. The molecule has 1 heterocycles. The maximum absolute atomic E-state index is 6.26. The number of hydrogen-bond acceptors (Lipinski definition) is 2. The summed E-state index contributed by atoms with van der Waals surface area (Å²) in [5, 5.41) is 4.89. The molecule has 1 atom stereocenters. The third-order valence-electron chi connectivity index (χ3n) is 4.56. The van der Waals surface area contributed by atoms with Crippen LogP contribution in [-0.2, 0) is 13.0 Å². The van der Waals surface area contributed by atoms with Gasteiger partial charge in [-0.2, -0.15) is 0 Å². The molecular formula is C18H25NO. The molecule has 0 bridgehead atoms. The molecule has 1 aliphatic carbocycles. The van der Waals surface area contributed by atoms with Crippen LogP contribution in [0.3, 0.4) is 0 Å². The zero-order valence-corrected chi connectivity index (χ0v) is 12.8. The Morgan fingerprint density at radius 1 is 1.30 bits per heavy atom. The highest BCUT2D eigenvalue weighted by Gasteiger charge is 2.22. The molecule has 1 unspecified atom stereocenters. The van der Waals surface area contributed by atoms with Crippen molar-refractivity contribution in [1.29, 1.82) is 0 Å². The van der Waals surface area contributed by atoms with Crippen molar-refractivity contribution in [3.8, 4) is 0 Å². The number of hydrogen-bond donors (Lipinski definition) is 1. The largest absolute Gasteiger partial charge is 0.459 e. The van der Waals surface area contributed by atoms with Gasteiger partial charge < -0.3 is 9.73 Å². The van der Waals surface area contributed by atoms with Crippen LogP contribution in [-0.4, -0.2) is 6.04 Å². The van der Waals surface area contributed by atoms with Crippen LogP contribution in [0.15, 0.2) is 22.6 Å². The van der Waals surface area contributed by atoms with Gasteiger partial charge in [0.15, 0.2) is 0 Å². The lowest BCUT2D eigenvalue weighted by Gasteiger charge is -2.08. The first kappa shape index (κ1) is 13.7. The minimum atomic E-state index is 0.554. The molecule has 0 amide bonds. The minimum Gasteiger partial charge on any atom is -0.459 e. The monoisotopic (exact) mass is 271 g/mol. The number of nitrogens with one attached hydrogen (secondary N) is 1. The Bertz CT molecular complexity index is 595. The van der Waals surface area contributed by atoms with Crippen molar-refractivity contribution >= 4 is 11.0 Å². The fraction of sp³-hybridized carbons (Fsp3) is 0.556. The van der Waals surface area contributed by atoms with E-state index < -0.39 is 0 Å². The molecule has 2 aromatic rings. The van der Waals surface area contributed by atoms with Crippen LogP contribution in [0.5, 0.6) is 0 Å². The first-order valence-electron chi connectivity index (χ1n) is 8.01. The average Bonchev–Trinajstić information content (AvgIpc) is 3.23. The third-order valence-corrected chi connectivity index (χ3v) is 4.56. The van der Waals surface area contributed by atoms with E-state index >= 15 is 0 Å². The van der Waals surface area contributed by atoms with Crippen molar-refractivity contribution in [1.82, 2.24) is 5.32 Å². The smallest absolute Gasteiger partial charge is 0.138 e. The van der Waals surface area contributed by atoms with E-state index in [9.17, 15) is 0 Å². The van der Waals surface area contributed by atoms with Crippen molar-refractivity contribution in [2.75, 3.05) is 0 Å². The normalized spacial score (nSPS) is 16.8. The summed E-state index contributed by atoms with van der Waals surface area (Å²) in [5.74, 6) is 1.70. The van der Waals surface area contributed by atoms with Crippen LogP contribution in [0, 0.1) is 0 Å². The van der Waals surface area contributed by atoms with Gasteiger partial charge >= 0.3 is 0 Å². The van der Waals surface area contributed by atoms with Gasteiger partial charge in [0.05, 0.1) is 6.54 Å². The van der Waals surface area contributed by atoms with Crippen LogP contribution in [0.25, 0.3) is 11.0 Å². The highest BCUT2D eigenvalue weighted by molar-refractivity contribution is 5.85. The predicted octanol–water partition coefficient (Wildman–Crippen LogP) is 4.76. The standard InChI is InChI=1S/C18H25NO/c1-4-12(3)15-7-6-8-16-14(5-2)17(20-18(15)16)11-19-13-9-10-13/h6-8,12-13,19H,4-5,9-11H2,1-3H3. The summed E-state index contributed by atoms with van der Waals surface area (Å²) in [6.07, 6.45) is 4.83. The van der Waals surface area contributed by atoms with Gasteiger partial charge in [-0.05, 0) is 37.2 Å². The summed E-state index contributed by atoms with van der Waals surface area (Å²) in [6, 6.07) is 7.33. The summed E-state index contributed by atoms with van der Waals surface area (Å²) < 4.78 is 6.26. The van der Waals surface area contributed by atoms with E-state index in [1.807, 2.05) is 0 Å². The van der Waals surface area contributed by atoms with E-state index in [1.54, 1.807) is 0 Å². The average molecular weight is 271 g/mol. The molecular weight excluding hydrogens is 246 g/mol. The van der Waals surface area contributed by atoms with E-state index in [0.29, 0.717) is 5.92 Å². The van der Waals surface area contributed by atoms with Crippen LogP contribution in [0.1, 0.15) is 62.8 Å². The van der Waals surface area contributed by atoms with E-state index in [-0.39, 0.29) is 0 Å². The Kier molecular flexibility index (Phi) is 3.84. The number of fused-ring (bicyclic) bond motifs is 1. The Morgan fingerprint density at radius 3 is 2.75 bits per heavy atom. The molecule has 1 saturated carbocycles. The highest BCUT2D eigenvalue weighted by atomic mass is 16.3. The number of rotatable bonds is 6. The number of furan rings is 1. The van der Waals surface area contributed by atoms with Crippen molar-refractivity contribution in [2.24, 2.45) is 0 Å². The molecule has 0 aliphatic heterocycles. The van der Waals surface area contributed by atoms with E-state index in [4.69, 9.17) is 4.42 Å². The molecule has 0 radical (unpaired) electrons. The molecule has 2 nitrogen and oxygen atoms in total. The van der Waals surface area contributed by atoms with Crippen molar-refractivity contribution in [2.45, 2.75) is 65.0 Å². The molecule has 20 heavy (non-hydrogen) atoms. The predicted molar refractivity (Wildman–Crippen MR) is 84.2 cm³/mol. The maximum atomic E-state index is 6.26. The van der Waals surface area contributed by atoms with Gasteiger partial charge in [0.25, 0.3) is 0 Å². The van der Waals surface area contributed by atoms with Gasteiger partial charge in [-0.1, -0.05) is 39.0 Å². The number of para-hydroxylation sites is 1. The van der Waals surface area contributed by atoms with Crippen LogP contribution < -0.4 is 5.32 Å². The quantitative estimate of drug-likeness (QED) is 0.819. The Hall–Kier alpha value is -1.28. The molecule has 1 fully saturated rings. The Labute approximate surface area is 121 Å². The van der Waals surface area contributed by atoms with Crippen molar-refractivity contribution in [3.05, 3.63) is 35.1 Å². The van der Waals surface area contributed by atoms with Crippen molar-refractivity contribution in [3.63, 3.8) is 0 Å². The van der Waals surface area contributed by atoms with E-state index in [0.717, 1.165) is 36.8 Å². The molecule has 3 rings (SSSR count). The molecule has 0 saturated heterocycles. The summed E-state index contributed by atoms with van der Waals surface area (Å²) in [6.45, 7) is 7.62. The zero-order chi connectivity index (χ0) is 14.1. The number of aryl methyl sites for hydroxylation is 1. The maximum Gasteiger partial charge on any atom is 0.138 e. The lowest BCUT2D eigenvalue weighted by atomic mass is 9.96. The van der Waals surface area contributed by atoms with Gasteiger partial charge in [0.2, 0.25) is 0 Å². The SMILES string of the molecule is CCc1c(CNC2CC2)oc2c(C(C)CC)cccc12.